The number of carbonyl (C=O) groups excluding carboxylic acids is 1. The summed E-state index contributed by atoms with van der Waals surface area (Å²) in [6.07, 6.45) is 2.12. The molecule has 27 heavy (non-hydrogen) atoms. The van der Waals surface area contributed by atoms with Crippen molar-refractivity contribution in [3.8, 4) is 11.5 Å². The van der Waals surface area contributed by atoms with Gasteiger partial charge >= 0.3 is 0 Å². The highest BCUT2D eigenvalue weighted by atomic mass is 16.6. The highest BCUT2D eigenvalue weighted by Crippen LogP contribution is 2.38. The molecule has 1 aromatic carbocycles. The minimum absolute atomic E-state index is 0.00126. The van der Waals surface area contributed by atoms with E-state index in [1.165, 1.54) is 5.56 Å². The number of hydrogen-bond acceptors (Lipinski definition) is 5. The van der Waals surface area contributed by atoms with E-state index in [2.05, 4.69) is 27.4 Å². The third kappa shape index (κ3) is 3.51. The van der Waals surface area contributed by atoms with Crippen LogP contribution < -0.4 is 14.8 Å². The third-order valence-corrected chi connectivity index (χ3v) is 5.43. The maximum Gasteiger partial charge on any atom is 0.238 e. The van der Waals surface area contributed by atoms with Crippen LogP contribution in [0.4, 0.5) is 5.69 Å². The number of fused-ring (bicyclic) bond motifs is 1. The quantitative estimate of drug-likeness (QED) is 0.896. The van der Waals surface area contributed by atoms with Crippen LogP contribution in [0.25, 0.3) is 0 Å². The second-order valence-corrected chi connectivity index (χ2v) is 7.25. The van der Waals surface area contributed by atoms with Crippen LogP contribution in [0.3, 0.4) is 0 Å². The lowest BCUT2D eigenvalue weighted by molar-refractivity contribution is -0.117. The van der Waals surface area contributed by atoms with E-state index in [1.54, 1.807) is 4.68 Å². The third-order valence-electron chi connectivity index (χ3n) is 5.43. The summed E-state index contributed by atoms with van der Waals surface area (Å²) in [4.78, 5) is 14.9. The second-order valence-electron chi connectivity index (χ2n) is 7.25. The van der Waals surface area contributed by atoms with Crippen LogP contribution in [-0.4, -0.2) is 46.9 Å². The van der Waals surface area contributed by atoms with Crippen LogP contribution in [0.5, 0.6) is 11.5 Å². The number of amides is 1. The fourth-order valence-electron chi connectivity index (χ4n) is 3.98. The molecule has 0 bridgehead atoms. The number of rotatable bonds is 4. The fraction of sp³-hybridized carbons (Fsp3) is 0.500. The van der Waals surface area contributed by atoms with Gasteiger partial charge in [0.05, 0.1) is 23.6 Å². The number of aryl methyl sites for hydroxylation is 2. The van der Waals surface area contributed by atoms with Crippen LogP contribution in [0.2, 0.25) is 0 Å². The van der Waals surface area contributed by atoms with Crippen molar-refractivity contribution in [3.05, 3.63) is 35.2 Å². The Bertz CT molecular complexity index is 861. The van der Waals surface area contributed by atoms with E-state index < -0.39 is 0 Å². The Balaban J connectivity index is 1.46. The van der Waals surface area contributed by atoms with E-state index >= 15 is 0 Å². The molecule has 2 aliphatic rings. The van der Waals surface area contributed by atoms with Crippen molar-refractivity contribution < 1.29 is 14.3 Å². The number of carbonyl (C=O) groups is 1. The van der Waals surface area contributed by atoms with E-state index in [4.69, 9.17) is 9.47 Å². The summed E-state index contributed by atoms with van der Waals surface area (Å²) < 4.78 is 13.1. The van der Waals surface area contributed by atoms with Gasteiger partial charge in [-0.1, -0.05) is 6.07 Å². The highest BCUT2D eigenvalue weighted by Gasteiger charge is 2.29. The lowest BCUT2D eigenvalue weighted by atomic mass is 10.0. The minimum Gasteiger partial charge on any atom is -0.486 e. The molecule has 1 atom stereocenters. The first-order chi connectivity index (χ1) is 13.0. The summed E-state index contributed by atoms with van der Waals surface area (Å²) in [7, 11) is 1.89. The number of benzene rings is 1. The van der Waals surface area contributed by atoms with Crippen molar-refractivity contribution in [2.24, 2.45) is 7.05 Å². The number of anilines is 1. The van der Waals surface area contributed by atoms with Gasteiger partial charge in [-0.3, -0.25) is 14.4 Å². The maximum atomic E-state index is 12.7. The molecule has 1 amide bonds. The Morgan fingerprint density at radius 3 is 2.78 bits per heavy atom. The summed E-state index contributed by atoms with van der Waals surface area (Å²) in [5, 5.41) is 7.40. The average Bonchev–Trinajstić information content (AvgIpc) is 3.21. The molecule has 1 saturated heterocycles. The van der Waals surface area contributed by atoms with Crippen LogP contribution in [-0.2, 0) is 11.8 Å². The lowest BCUT2D eigenvalue weighted by Gasteiger charge is -2.26. The van der Waals surface area contributed by atoms with E-state index in [-0.39, 0.29) is 11.9 Å². The number of nitrogens with one attached hydrogen (secondary N) is 1. The van der Waals surface area contributed by atoms with Gasteiger partial charge in [0, 0.05) is 13.1 Å². The van der Waals surface area contributed by atoms with E-state index in [0.717, 1.165) is 48.0 Å². The van der Waals surface area contributed by atoms with Gasteiger partial charge in [-0.05, 0) is 50.9 Å². The first kappa shape index (κ1) is 17.9. The molecule has 1 N–H and O–H groups in total. The molecule has 0 spiro atoms. The number of hydrogen-bond donors (Lipinski definition) is 1. The molecule has 1 aromatic heterocycles. The summed E-state index contributed by atoms with van der Waals surface area (Å²) >= 11 is 0. The van der Waals surface area contributed by atoms with Gasteiger partial charge in [0.25, 0.3) is 0 Å². The van der Waals surface area contributed by atoms with Gasteiger partial charge in [-0.15, -0.1) is 0 Å². The van der Waals surface area contributed by atoms with Crippen molar-refractivity contribution >= 4 is 11.6 Å². The normalized spacial score (nSPS) is 19.3. The lowest BCUT2D eigenvalue weighted by Crippen LogP contribution is -2.33. The van der Waals surface area contributed by atoms with Gasteiger partial charge in [-0.25, -0.2) is 0 Å². The molecule has 7 heteroatoms. The molecule has 0 aliphatic carbocycles. The summed E-state index contributed by atoms with van der Waals surface area (Å²) in [6, 6.07) is 6.35. The SMILES string of the molecule is Cc1nn(C)c(C)c1NC(=O)CN1CCCC1c1ccc2c(c1)OCCO2. The Morgan fingerprint density at radius 2 is 2.04 bits per heavy atom. The monoisotopic (exact) mass is 370 g/mol. The summed E-state index contributed by atoms with van der Waals surface area (Å²) in [6.45, 7) is 6.33. The Labute approximate surface area is 159 Å². The summed E-state index contributed by atoms with van der Waals surface area (Å²) in [5.41, 5.74) is 3.80. The van der Waals surface area contributed by atoms with E-state index in [0.29, 0.717) is 19.8 Å². The molecule has 2 aliphatic heterocycles. The Kier molecular flexibility index (Phi) is 4.78. The number of aromatic nitrogens is 2. The van der Waals surface area contributed by atoms with Gasteiger partial charge < -0.3 is 14.8 Å². The Morgan fingerprint density at radius 1 is 1.26 bits per heavy atom. The molecule has 2 aromatic rings. The standard InChI is InChI=1S/C20H26N4O3/c1-13-20(14(2)23(3)22-13)21-19(25)12-24-8-4-5-16(24)15-6-7-17-18(11-15)27-10-9-26-17/h6-7,11,16H,4-5,8-10,12H2,1-3H3,(H,21,25). The van der Waals surface area contributed by atoms with Crippen LogP contribution in [0, 0.1) is 13.8 Å². The molecular weight excluding hydrogens is 344 g/mol. The molecule has 7 nitrogen and oxygen atoms in total. The molecule has 4 rings (SSSR count). The van der Waals surface area contributed by atoms with Crippen molar-refractivity contribution in [2.45, 2.75) is 32.7 Å². The minimum atomic E-state index is -0.00126. The van der Waals surface area contributed by atoms with E-state index in [1.807, 2.05) is 27.0 Å². The summed E-state index contributed by atoms with van der Waals surface area (Å²) in [5.74, 6) is 1.60. The predicted molar refractivity (Wildman–Crippen MR) is 102 cm³/mol. The number of likely N-dealkylation sites (tertiary alicyclic amines) is 1. The molecule has 1 fully saturated rings. The fourth-order valence-corrected chi connectivity index (χ4v) is 3.98. The highest BCUT2D eigenvalue weighted by molar-refractivity contribution is 5.93. The first-order valence-electron chi connectivity index (χ1n) is 9.46. The zero-order valence-electron chi connectivity index (χ0n) is 16.1. The van der Waals surface area contributed by atoms with Gasteiger partial charge in [0.15, 0.2) is 11.5 Å². The maximum absolute atomic E-state index is 12.7. The topological polar surface area (TPSA) is 68.6 Å². The van der Waals surface area contributed by atoms with Crippen LogP contribution in [0.15, 0.2) is 18.2 Å². The van der Waals surface area contributed by atoms with E-state index in [9.17, 15) is 4.79 Å². The molecule has 0 saturated carbocycles. The largest absolute Gasteiger partial charge is 0.486 e. The average molecular weight is 370 g/mol. The number of ether oxygens (including phenoxy) is 2. The van der Waals surface area contributed by atoms with Gasteiger partial charge in [0.2, 0.25) is 5.91 Å². The molecule has 144 valence electrons. The predicted octanol–water partition coefficient (Wildman–Crippen LogP) is 2.58. The van der Waals surface area contributed by atoms with Crippen LogP contribution >= 0.6 is 0 Å². The van der Waals surface area contributed by atoms with Crippen LogP contribution in [0.1, 0.15) is 35.8 Å². The van der Waals surface area contributed by atoms with Crippen molar-refractivity contribution in [1.82, 2.24) is 14.7 Å². The molecular formula is C20H26N4O3. The molecule has 0 radical (unpaired) electrons. The molecule has 3 heterocycles. The second kappa shape index (κ2) is 7.23. The smallest absolute Gasteiger partial charge is 0.238 e. The van der Waals surface area contributed by atoms with Crippen molar-refractivity contribution in [2.75, 3.05) is 31.6 Å². The van der Waals surface area contributed by atoms with Crippen molar-refractivity contribution in [1.29, 1.82) is 0 Å². The number of nitrogens with zero attached hydrogens (tertiary/aromatic N) is 3. The zero-order chi connectivity index (χ0) is 19.0. The van der Waals surface area contributed by atoms with Crippen molar-refractivity contribution in [3.63, 3.8) is 0 Å². The molecule has 1 unspecified atom stereocenters. The van der Waals surface area contributed by atoms with Gasteiger partial charge in [-0.2, -0.15) is 5.10 Å². The van der Waals surface area contributed by atoms with Gasteiger partial charge in [0.1, 0.15) is 13.2 Å². The first-order valence-corrected chi connectivity index (χ1v) is 9.46. The zero-order valence-corrected chi connectivity index (χ0v) is 16.1. The Hall–Kier alpha value is -2.54.